The Balaban J connectivity index is 1.69. The zero-order valence-corrected chi connectivity index (χ0v) is 13.2. The molecule has 0 fully saturated rings. The number of fused-ring (bicyclic) bond motifs is 1. The average Bonchev–Trinajstić information content (AvgIpc) is 3.09. The van der Waals surface area contributed by atoms with E-state index in [-0.39, 0.29) is 11.6 Å². The Labute approximate surface area is 146 Å². The van der Waals surface area contributed by atoms with E-state index >= 15 is 0 Å². The normalized spacial score (nSPS) is 11.7. The summed E-state index contributed by atoms with van der Waals surface area (Å²) in [6, 6.07) is 12.5. The van der Waals surface area contributed by atoms with E-state index in [0.717, 1.165) is 22.7 Å². The third kappa shape index (κ3) is 3.08. The highest BCUT2D eigenvalue weighted by atomic mass is 19.4. The molecular formula is C18H12F3N5. The maximum atomic E-state index is 13.1. The number of hydrogen-bond acceptors (Lipinski definition) is 4. The number of nitrogens with zero attached hydrogens (tertiary/aromatic N) is 3. The van der Waals surface area contributed by atoms with Gasteiger partial charge in [-0.25, -0.2) is 15.0 Å². The molecule has 4 rings (SSSR count). The number of nitrogens with one attached hydrogen (secondary N) is 2. The van der Waals surface area contributed by atoms with Gasteiger partial charge in [0.05, 0.1) is 34.3 Å². The van der Waals surface area contributed by atoms with E-state index in [1.54, 1.807) is 12.4 Å². The van der Waals surface area contributed by atoms with Gasteiger partial charge < -0.3 is 10.3 Å². The van der Waals surface area contributed by atoms with Gasteiger partial charge in [0.1, 0.15) is 0 Å². The van der Waals surface area contributed by atoms with Crippen LogP contribution in [0.2, 0.25) is 0 Å². The first-order valence-electron chi connectivity index (χ1n) is 7.70. The molecule has 0 bridgehead atoms. The summed E-state index contributed by atoms with van der Waals surface area (Å²) in [5.74, 6) is 0.0870. The monoisotopic (exact) mass is 355 g/mol. The second kappa shape index (κ2) is 6.14. The fourth-order valence-corrected chi connectivity index (χ4v) is 2.63. The molecule has 2 heterocycles. The Morgan fingerprint density at radius 3 is 2.65 bits per heavy atom. The molecule has 0 saturated heterocycles. The van der Waals surface area contributed by atoms with Crippen molar-refractivity contribution in [1.29, 1.82) is 0 Å². The van der Waals surface area contributed by atoms with Crippen LogP contribution in [0, 0.1) is 0 Å². The third-order valence-electron chi connectivity index (χ3n) is 3.85. The molecule has 2 aromatic carbocycles. The molecule has 8 heteroatoms. The van der Waals surface area contributed by atoms with E-state index in [0.29, 0.717) is 5.69 Å². The van der Waals surface area contributed by atoms with Gasteiger partial charge in [-0.2, -0.15) is 13.2 Å². The van der Waals surface area contributed by atoms with Gasteiger partial charge in [-0.3, -0.25) is 0 Å². The van der Waals surface area contributed by atoms with Crippen molar-refractivity contribution in [2.24, 2.45) is 0 Å². The van der Waals surface area contributed by atoms with Crippen molar-refractivity contribution in [3.63, 3.8) is 0 Å². The number of aromatic amines is 1. The standard InChI is InChI=1S/C18H12F3N5/c19-18(20,21)12-3-1-2-4-14(12)26-17-22-8-7-13(25-17)11-5-6-15-16(9-11)24-10-23-15/h1-10H,(H,23,24)(H,22,25,26). The lowest BCUT2D eigenvalue weighted by molar-refractivity contribution is -0.136. The molecule has 130 valence electrons. The van der Waals surface area contributed by atoms with Crippen molar-refractivity contribution in [3.8, 4) is 11.3 Å². The first-order chi connectivity index (χ1) is 12.5. The lowest BCUT2D eigenvalue weighted by Gasteiger charge is -2.13. The van der Waals surface area contributed by atoms with Crippen LogP contribution in [0.3, 0.4) is 0 Å². The van der Waals surface area contributed by atoms with Gasteiger partial charge in [0.15, 0.2) is 0 Å². The summed E-state index contributed by atoms with van der Waals surface area (Å²) in [4.78, 5) is 15.5. The summed E-state index contributed by atoms with van der Waals surface area (Å²) >= 11 is 0. The number of alkyl halides is 3. The van der Waals surface area contributed by atoms with Crippen LogP contribution in [-0.4, -0.2) is 19.9 Å². The molecule has 0 saturated carbocycles. The van der Waals surface area contributed by atoms with E-state index in [1.165, 1.54) is 24.4 Å². The highest BCUT2D eigenvalue weighted by molar-refractivity contribution is 5.80. The Morgan fingerprint density at radius 2 is 1.81 bits per heavy atom. The predicted octanol–water partition coefficient (Wildman–Crippen LogP) is 4.78. The SMILES string of the molecule is FC(F)(F)c1ccccc1Nc1nccc(-c2ccc3nc[nH]c3c2)n1. The van der Waals surface area contributed by atoms with Crippen LogP contribution < -0.4 is 5.32 Å². The second-order valence-corrected chi connectivity index (χ2v) is 5.57. The smallest absolute Gasteiger partial charge is 0.345 e. The average molecular weight is 355 g/mol. The summed E-state index contributed by atoms with van der Waals surface area (Å²) in [6.07, 6.45) is -1.37. The van der Waals surface area contributed by atoms with Crippen LogP contribution in [-0.2, 0) is 6.18 Å². The second-order valence-electron chi connectivity index (χ2n) is 5.57. The number of anilines is 2. The molecule has 0 spiro atoms. The fraction of sp³-hybridized carbons (Fsp3) is 0.0556. The molecule has 4 aromatic rings. The summed E-state index contributed by atoms with van der Waals surface area (Å²) in [7, 11) is 0. The first kappa shape index (κ1) is 16.1. The zero-order valence-electron chi connectivity index (χ0n) is 13.2. The van der Waals surface area contributed by atoms with Crippen molar-refractivity contribution in [2.45, 2.75) is 6.18 Å². The van der Waals surface area contributed by atoms with Crippen molar-refractivity contribution < 1.29 is 13.2 Å². The Hall–Kier alpha value is -3.42. The molecule has 26 heavy (non-hydrogen) atoms. The van der Waals surface area contributed by atoms with Crippen LogP contribution in [0.25, 0.3) is 22.3 Å². The quantitative estimate of drug-likeness (QED) is 0.555. The number of aromatic nitrogens is 4. The molecule has 2 N–H and O–H groups in total. The predicted molar refractivity (Wildman–Crippen MR) is 91.8 cm³/mol. The van der Waals surface area contributed by atoms with E-state index in [2.05, 4.69) is 25.3 Å². The minimum absolute atomic E-state index is 0.0870. The Morgan fingerprint density at radius 1 is 0.962 bits per heavy atom. The highest BCUT2D eigenvalue weighted by Crippen LogP contribution is 2.35. The number of benzene rings is 2. The lowest BCUT2D eigenvalue weighted by Crippen LogP contribution is -2.09. The summed E-state index contributed by atoms with van der Waals surface area (Å²) < 4.78 is 39.4. The number of imidazole rings is 1. The number of rotatable bonds is 3. The maximum Gasteiger partial charge on any atom is 0.418 e. The van der Waals surface area contributed by atoms with Gasteiger partial charge in [0.25, 0.3) is 0 Å². The molecule has 0 radical (unpaired) electrons. The topological polar surface area (TPSA) is 66.5 Å². The third-order valence-corrected chi connectivity index (χ3v) is 3.85. The number of H-pyrrole nitrogens is 1. The number of halogens is 3. The fourth-order valence-electron chi connectivity index (χ4n) is 2.63. The van der Waals surface area contributed by atoms with Gasteiger partial charge in [0.2, 0.25) is 5.95 Å². The van der Waals surface area contributed by atoms with Crippen LogP contribution in [0.1, 0.15) is 5.56 Å². The van der Waals surface area contributed by atoms with Gasteiger partial charge in [-0.1, -0.05) is 18.2 Å². The molecule has 0 aliphatic carbocycles. The van der Waals surface area contributed by atoms with Gasteiger partial charge >= 0.3 is 6.18 Å². The van der Waals surface area contributed by atoms with Crippen LogP contribution in [0.4, 0.5) is 24.8 Å². The van der Waals surface area contributed by atoms with Crippen LogP contribution >= 0.6 is 0 Å². The zero-order chi connectivity index (χ0) is 18.1. The lowest BCUT2D eigenvalue weighted by atomic mass is 10.1. The Bertz CT molecular complexity index is 1070. The number of para-hydroxylation sites is 1. The van der Waals surface area contributed by atoms with Gasteiger partial charge in [0, 0.05) is 11.8 Å². The van der Waals surface area contributed by atoms with Crippen LogP contribution in [0.15, 0.2) is 61.1 Å². The molecule has 2 aromatic heterocycles. The largest absolute Gasteiger partial charge is 0.418 e. The highest BCUT2D eigenvalue weighted by Gasteiger charge is 2.33. The molecule has 0 aliphatic rings. The van der Waals surface area contributed by atoms with E-state index in [1.807, 2.05) is 18.2 Å². The summed E-state index contributed by atoms with van der Waals surface area (Å²) in [6.45, 7) is 0. The van der Waals surface area contributed by atoms with Crippen molar-refractivity contribution in [3.05, 3.63) is 66.6 Å². The molecule has 0 unspecified atom stereocenters. The van der Waals surface area contributed by atoms with E-state index in [9.17, 15) is 13.2 Å². The van der Waals surface area contributed by atoms with Gasteiger partial charge in [-0.15, -0.1) is 0 Å². The molecule has 0 atom stereocenters. The summed E-state index contributed by atoms with van der Waals surface area (Å²) in [5.41, 5.74) is 2.19. The van der Waals surface area contributed by atoms with Gasteiger partial charge in [-0.05, 0) is 30.3 Å². The number of hydrogen-bond donors (Lipinski definition) is 2. The maximum absolute atomic E-state index is 13.1. The van der Waals surface area contributed by atoms with E-state index < -0.39 is 11.7 Å². The minimum Gasteiger partial charge on any atom is -0.345 e. The van der Waals surface area contributed by atoms with Crippen LogP contribution in [0.5, 0.6) is 0 Å². The minimum atomic E-state index is -4.47. The van der Waals surface area contributed by atoms with Crippen molar-refractivity contribution in [1.82, 2.24) is 19.9 Å². The molecular weight excluding hydrogens is 343 g/mol. The van der Waals surface area contributed by atoms with Crippen molar-refractivity contribution in [2.75, 3.05) is 5.32 Å². The first-order valence-corrected chi connectivity index (χ1v) is 7.70. The Kier molecular flexibility index (Phi) is 3.80. The molecule has 5 nitrogen and oxygen atoms in total. The molecule has 0 amide bonds. The van der Waals surface area contributed by atoms with E-state index in [4.69, 9.17) is 0 Å². The summed E-state index contributed by atoms with van der Waals surface area (Å²) in [5, 5.41) is 2.66. The molecule has 0 aliphatic heterocycles. The van der Waals surface area contributed by atoms with Crippen molar-refractivity contribution >= 4 is 22.7 Å².